The van der Waals surface area contributed by atoms with E-state index < -0.39 is 0 Å². The Morgan fingerprint density at radius 2 is 0.889 bits per heavy atom. The molecule has 3 aromatic heterocycles. The Morgan fingerprint density at radius 1 is 0.472 bits per heavy atom. The summed E-state index contributed by atoms with van der Waals surface area (Å²) in [4.78, 5) is 0. The van der Waals surface area contributed by atoms with E-state index in [-0.39, 0.29) is 48.1 Å². The Bertz CT molecular complexity index is 1540. The highest BCUT2D eigenvalue weighted by molar-refractivity contribution is 9.20. The number of rotatable bonds is 9. The zero-order valence-electron chi connectivity index (χ0n) is 19.1. The molecular weight excluding hydrogens is 660 g/mol. The van der Waals surface area contributed by atoms with Crippen LogP contribution >= 0.6 is 85.3 Å². The standard InChI is InChI=1S/C24H24P12/c1-5-13-21(14-6-1)29-25-33(29)26-32(24-19-11-4-12-20-24)36(34-27-30(34)22-15-7-2-8-16-22)35-28-31(35)23-17-9-3-10-18-23/h1-20,25-28H. The highest BCUT2D eigenvalue weighted by Gasteiger charge is 2.38. The Labute approximate surface area is 226 Å². The molecule has 0 radical (unpaired) electrons. The molecule has 4 aromatic carbocycles. The lowest BCUT2D eigenvalue weighted by molar-refractivity contribution is 1.77. The maximum Gasteiger partial charge on any atom is 0.0424 e. The molecule has 7 aromatic rings. The summed E-state index contributed by atoms with van der Waals surface area (Å²) in [6.45, 7) is 1.63. The molecule has 36 heavy (non-hydrogen) atoms. The second kappa shape index (κ2) is 11.8. The van der Waals surface area contributed by atoms with E-state index >= 15 is 0 Å². The van der Waals surface area contributed by atoms with Crippen LogP contribution in [0.1, 0.15) is 0 Å². The Hall–Kier alpha value is 0.870. The normalized spacial score (nSPS) is 17.4. The molecule has 0 aliphatic carbocycles. The van der Waals surface area contributed by atoms with E-state index in [1.54, 1.807) is 21.2 Å². The zero-order valence-corrected chi connectivity index (χ0v) is 30.3. The Morgan fingerprint density at radius 3 is 1.36 bits per heavy atom. The first-order chi connectivity index (χ1) is 17.9. The van der Waals surface area contributed by atoms with Crippen LogP contribution in [0, 0.1) is 0 Å². The van der Waals surface area contributed by atoms with Crippen molar-refractivity contribution in [2.75, 3.05) is 0 Å². The van der Waals surface area contributed by atoms with Gasteiger partial charge in [-0.15, -0.1) is 0 Å². The third kappa shape index (κ3) is 5.82. The van der Waals surface area contributed by atoms with Crippen molar-refractivity contribution in [1.29, 1.82) is 0 Å². The van der Waals surface area contributed by atoms with Crippen LogP contribution in [0.15, 0.2) is 121 Å². The lowest BCUT2D eigenvalue weighted by Gasteiger charge is -2.23. The minimum Gasteiger partial charge on any atom is -0.0810 e. The van der Waals surface area contributed by atoms with Gasteiger partial charge in [-0.3, -0.25) is 0 Å². The maximum atomic E-state index is 2.54. The summed E-state index contributed by atoms with van der Waals surface area (Å²) in [6.07, 6.45) is 0. The van der Waals surface area contributed by atoms with E-state index in [4.69, 9.17) is 0 Å². The van der Waals surface area contributed by atoms with Crippen LogP contribution in [0.25, 0.3) is 15.9 Å². The third-order valence-corrected chi connectivity index (χ3v) is 105. The fourth-order valence-electron chi connectivity index (χ4n) is 3.83. The fraction of sp³-hybridized carbons (Fsp3) is 0. The molecule has 0 spiro atoms. The van der Waals surface area contributed by atoms with Crippen molar-refractivity contribution in [3.8, 4) is 15.9 Å². The van der Waals surface area contributed by atoms with Gasteiger partial charge in [-0.2, -0.15) is 0 Å². The van der Waals surface area contributed by atoms with Gasteiger partial charge in [-0.05, 0) is 61.0 Å². The first-order valence-electron chi connectivity index (χ1n) is 11.5. The van der Waals surface area contributed by atoms with Crippen LogP contribution in [0.4, 0.5) is 0 Å². The Kier molecular flexibility index (Phi) is 8.44. The quantitative estimate of drug-likeness (QED) is 0.133. The molecule has 0 saturated carbocycles. The van der Waals surface area contributed by atoms with Gasteiger partial charge in [0.15, 0.2) is 0 Å². The molecule has 0 N–H and O–H groups in total. The molecular formula is C24H24P12. The molecule has 0 fully saturated rings. The zero-order chi connectivity index (χ0) is 23.9. The molecule has 0 nitrogen and oxygen atoms in total. The van der Waals surface area contributed by atoms with Gasteiger partial charge in [-0.25, -0.2) is 0 Å². The molecule has 3 heterocycles. The van der Waals surface area contributed by atoms with Crippen LogP contribution < -0.4 is 5.30 Å². The third-order valence-electron chi connectivity index (χ3n) is 5.73. The molecule has 11 unspecified atom stereocenters. The second-order valence-corrected chi connectivity index (χ2v) is 67.9. The van der Waals surface area contributed by atoms with E-state index in [1.807, 2.05) is 0 Å². The topological polar surface area (TPSA) is 0 Å². The molecule has 12 heteroatoms. The predicted molar refractivity (Wildman–Crippen MR) is 193 cm³/mol. The number of hydrogen-bond donors (Lipinski definition) is 0. The van der Waals surface area contributed by atoms with Gasteiger partial charge in [-0.1, -0.05) is 144 Å². The first-order valence-corrected chi connectivity index (χ1v) is 37.2. The highest BCUT2D eigenvalue weighted by Crippen LogP contribution is 3.19. The fourth-order valence-corrected chi connectivity index (χ4v) is 181. The van der Waals surface area contributed by atoms with Crippen molar-refractivity contribution >= 4 is 90.6 Å². The Balaban J connectivity index is 1.29. The smallest absolute Gasteiger partial charge is 0.0424 e. The van der Waals surface area contributed by atoms with E-state index in [9.17, 15) is 0 Å². The van der Waals surface area contributed by atoms with Crippen LogP contribution in [-0.4, -0.2) is 0 Å². The summed E-state index contributed by atoms with van der Waals surface area (Å²) in [5, 5.41) is 6.94. The van der Waals surface area contributed by atoms with Crippen molar-refractivity contribution in [1.82, 2.24) is 0 Å². The van der Waals surface area contributed by atoms with Crippen molar-refractivity contribution in [2.45, 2.75) is 0 Å². The van der Waals surface area contributed by atoms with Gasteiger partial charge in [0.2, 0.25) is 0 Å². The van der Waals surface area contributed by atoms with Crippen LogP contribution in [-0.2, 0) is 0 Å². The second-order valence-electron chi connectivity index (χ2n) is 8.15. The van der Waals surface area contributed by atoms with Crippen molar-refractivity contribution in [3.05, 3.63) is 121 Å². The molecule has 0 saturated heterocycles. The minimum atomic E-state index is 0.0474. The summed E-state index contributed by atoms with van der Waals surface area (Å²) in [7, 11) is 5.21. The molecule has 0 bridgehead atoms. The number of benzene rings is 4. The van der Waals surface area contributed by atoms with Crippen molar-refractivity contribution in [3.63, 3.8) is 0 Å². The van der Waals surface area contributed by atoms with Gasteiger partial charge in [0.25, 0.3) is 0 Å². The van der Waals surface area contributed by atoms with Gasteiger partial charge in [0, 0.05) is 22.9 Å². The predicted octanol–water partition coefficient (Wildman–Crippen LogP) is 15.2. The van der Waals surface area contributed by atoms with Crippen molar-refractivity contribution < 1.29 is 0 Å². The largest absolute Gasteiger partial charge is 0.0810 e. The molecule has 0 amide bonds. The lowest BCUT2D eigenvalue weighted by atomic mass is 10.4. The van der Waals surface area contributed by atoms with Crippen molar-refractivity contribution in [2.24, 2.45) is 0 Å². The van der Waals surface area contributed by atoms with Gasteiger partial charge in [0.05, 0.1) is 0 Å². The average Bonchev–Trinajstić information content (AvgIpc) is 3.84. The highest BCUT2D eigenvalue weighted by atomic mass is 33.2. The summed E-state index contributed by atoms with van der Waals surface area (Å²) in [6, 6.07) is 47.0. The molecule has 0 aliphatic rings. The minimum absolute atomic E-state index is 0.0474. The first kappa shape index (κ1) is 25.8. The molecule has 0 aliphatic heterocycles. The van der Waals surface area contributed by atoms with Gasteiger partial charge >= 0.3 is 0 Å². The maximum absolute atomic E-state index is 2.54. The summed E-state index contributed by atoms with van der Waals surface area (Å²) >= 11 is 0. The van der Waals surface area contributed by atoms with Crippen LogP contribution in [0.2, 0.25) is 0 Å². The molecule has 11 atom stereocenters. The van der Waals surface area contributed by atoms with Gasteiger partial charge in [0.1, 0.15) is 0 Å². The van der Waals surface area contributed by atoms with E-state index in [2.05, 4.69) is 121 Å². The summed E-state index contributed by atoms with van der Waals surface area (Å²) in [5.41, 5.74) is 0. The molecule has 7 rings (SSSR count). The van der Waals surface area contributed by atoms with Crippen LogP contribution in [0.3, 0.4) is 0 Å². The van der Waals surface area contributed by atoms with Crippen LogP contribution in [0.5, 0.6) is 0 Å². The monoisotopic (exact) mass is 684 g/mol. The summed E-state index contributed by atoms with van der Waals surface area (Å²) in [5.74, 6) is 0. The molecule has 180 valence electrons. The average molecular weight is 684 g/mol. The van der Waals surface area contributed by atoms with E-state index in [0.29, 0.717) is 6.58 Å². The lowest BCUT2D eigenvalue weighted by Crippen LogP contribution is -1.92. The van der Waals surface area contributed by atoms with E-state index in [0.717, 1.165) is 0 Å². The number of hydrogen-bond acceptors (Lipinski definition) is 0. The SMILES string of the molecule is c1ccc(P(Pp2[pH]p2-c2ccccc2)P(p2[pH]p2-c2ccccc2)p2[pH]p2-c2ccccc2)cc1. The van der Waals surface area contributed by atoms with E-state index in [1.165, 1.54) is 30.6 Å². The summed E-state index contributed by atoms with van der Waals surface area (Å²) < 4.78 is 0. The van der Waals surface area contributed by atoms with Gasteiger partial charge < -0.3 is 0 Å².